The van der Waals surface area contributed by atoms with Crippen molar-refractivity contribution in [3.63, 3.8) is 0 Å². The molecule has 0 radical (unpaired) electrons. The second-order valence-corrected chi connectivity index (χ2v) is 8.43. The molecule has 0 bridgehead atoms. The van der Waals surface area contributed by atoms with Crippen LogP contribution >= 0.6 is 22.9 Å². The number of rotatable bonds is 7. The Morgan fingerprint density at radius 2 is 2.00 bits per heavy atom. The number of halogens is 1. The van der Waals surface area contributed by atoms with Gasteiger partial charge in [0.05, 0.1) is 10.4 Å². The predicted molar refractivity (Wildman–Crippen MR) is 94.1 cm³/mol. The van der Waals surface area contributed by atoms with Crippen LogP contribution in [0.1, 0.15) is 63.8 Å². The molecule has 1 heterocycles. The highest BCUT2D eigenvalue weighted by Gasteiger charge is 2.33. The molecule has 1 aromatic rings. The predicted octanol–water partition coefficient (Wildman–Crippen LogP) is 5.08. The van der Waals surface area contributed by atoms with Gasteiger partial charge in [0, 0.05) is 23.5 Å². The standard InChI is InChI=1S/C17H29ClN2S/c1-4-14(19)17(15-9-10-16(18)21-15)20(11-12(2)3)13-7-5-6-8-13/h9-10,12-14,17H,4-8,11,19H2,1-3H3. The Kier molecular flexibility index (Phi) is 6.54. The summed E-state index contributed by atoms with van der Waals surface area (Å²) in [6.45, 7) is 7.92. The maximum absolute atomic E-state index is 6.52. The fourth-order valence-electron chi connectivity index (χ4n) is 3.48. The van der Waals surface area contributed by atoms with Crippen molar-refractivity contribution in [2.24, 2.45) is 11.7 Å². The van der Waals surface area contributed by atoms with E-state index < -0.39 is 0 Å². The quantitative estimate of drug-likeness (QED) is 0.756. The van der Waals surface area contributed by atoms with E-state index in [9.17, 15) is 0 Å². The molecule has 0 spiro atoms. The van der Waals surface area contributed by atoms with Crippen molar-refractivity contribution in [3.8, 4) is 0 Å². The number of hydrogen-bond donors (Lipinski definition) is 1. The van der Waals surface area contributed by atoms with Crippen molar-refractivity contribution in [1.29, 1.82) is 0 Å². The Morgan fingerprint density at radius 1 is 1.33 bits per heavy atom. The van der Waals surface area contributed by atoms with E-state index in [4.69, 9.17) is 17.3 Å². The van der Waals surface area contributed by atoms with Crippen molar-refractivity contribution >= 4 is 22.9 Å². The van der Waals surface area contributed by atoms with Crippen molar-refractivity contribution in [2.45, 2.75) is 71.0 Å². The summed E-state index contributed by atoms with van der Waals surface area (Å²) in [6, 6.07) is 5.38. The molecule has 0 amide bonds. The second kappa shape index (κ2) is 7.96. The van der Waals surface area contributed by atoms with Crippen molar-refractivity contribution in [3.05, 3.63) is 21.3 Å². The molecule has 0 saturated heterocycles. The molecule has 4 heteroatoms. The molecule has 1 aliphatic carbocycles. The Balaban J connectivity index is 2.29. The summed E-state index contributed by atoms with van der Waals surface area (Å²) in [5.74, 6) is 0.660. The third kappa shape index (κ3) is 4.44. The van der Waals surface area contributed by atoms with E-state index in [1.165, 1.54) is 30.6 Å². The smallest absolute Gasteiger partial charge is 0.0931 e. The molecule has 120 valence electrons. The van der Waals surface area contributed by atoms with Gasteiger partial charge in [-0.05, 0) is 37.3 Å². The number of hydrogen-bond acceptors (Lipinski definition) is 3. The van der Waals surface area contributed by atoms with E-state index >= 15 is 0 Å². The minimum atomic E-state index is 0.180. The minimum absolute atomic E-state index is 0.180. The lowest BCUT2D eigenvalue weighted by Crippen LogP contribution is -2.46. The van der Waals surface area contributed by atoms with Crippen LogP contribution in [0, 0.1) is 5.92 Å². The van der Waals surface area contributed by atoms with Crippen LogP contribution in [0.4, 0.5) is 0 Å². The third-order valence-electron chi connectivity index (χ3n) is 4.49. The Hall–Kier alpha value is -0.0900. The van der Waals surface area contributed by atoms with Crippen LogP contribution in [0.15, 0.2) is 12.1 Å². The van der Waals surface area contributed by atoms with Crippen molar-refractivity contribution in [1.82, 2.24) is 4.90 Å². The molecule has 1 saturated carbocycles. The average Bonchev–Trinajstić information content (AvgIpc) is 3.09. The van der Waals surface area contributed by atoms with Crippen LogP contribution in [0.5, 0.6) is 0 Å². The van der Waals surface area contributed by atoms with Gasteiger partial charge in [-0.1, -0.05) is 45.2 Å². The number of nitrogens with zero attached hydrogens (tertiary/aromatic N) is 1. The van der Waals surface area contributed by atoms with E-state index in [-0.39, 0.29) is 6.04 Å². The van der Waals surface area contributed by atoms with Gasteiger partial charge in [-0.3, -0.25) is 4.90 Å². The maximum atomic E-state index is 6.52. The summed E-state index contributed by atoms with van der Waals surface area (Å²) in [7, 11) is 0. The molecule has 21 heavy (non-hydrogen) atoms. The Bertz CT molecular complexity index is 426. The Labute approximate surface area is 138 Å². The highest BCUT2D eigenvalue weighted by molar-refractivity contribution is 7.16. The van der Waals surface area contributed by atoms with Crippen LogP contribution in [0.2, 0.25) is 4.34 Å². The molecule has 2 atom stereocenters. The van der Waals surface area contributed by atoms with E-state index in [2.05, 4.69) is 31.7 Å². The zero-order valence-electron chi connectivity index (χ0n) is 13.5. The van der Waals surface area contributed by atoms with Gasteiger partial charge in [0.2, 0.25) is 0 Å². The summed E-state index contributed by atoms with van der Waals surface area (Å²) in [5.41, 5.74) is 6.52. The summed E-state index contributed by atoms with van der Waals surface area (Å²) < 4.78 is 0.870. The van der Waals surface area contributed by atoms with Crippen LogP contribution in [-0.4, -0.2) is 23.5 Å². The lowest BCUT2D eigenvalue weighted by molar-refractivity contribution is 0.101. The van der Waals surface area contributed by atoms with Crippen molar-refractivity contribution in [2.75, 3.05) is 6.54 Å². The summed E-state index contributed by atoms with van der Waals surface area (Å²) in [4.78, 5) is 4.02. The van der Waals surface area contributed by atoms with Gasteiger partial charge in [-0.25, -0.2) is 0 Å². The molecule has 2 N–H and O–H groups in total. The third-order valence-corrected chi connectivity index (χ3v) is 5.79. The first-order valence-electron chi connectivity index (χ1n) is 8.29. The van der Waals surface area contributed by atoms with Gasteiger partial charge >= 0.3 is 0 Å². The molecule has 0 aromatic carbocycles. The molecule has 0 aliphatic heterocycles. The first-order valence-corrected chi connectivity index (χ1v) is 9.49. The van der Waals surface area contributed by atoms with Gasteiger partial charge in [0.15, 0.2) is 0 Å². The lowest BCUT2D eigenvalue weighted by Gasteiger charge is -2.40. The topological polar surface area (TPSA) is 29.3 Å². The molecule has 1 aliphatic rings. The lowest BCUT2D eigenvalue weighted by atomic mass is 9.98. The van der Waals surface area contributed by atoms with Crippen LogP contribution in [0.3, 0.4) is 0 Å². The summed E-state index contributed by atoms with van der Waals surface area (Å²) in [6.07, 6.45) is 6.36. The van der Waals surface area contributed by atoms with E-state index in [1.54, 1.807) is 11.3 Å². The van der Waals surface area contributed by atoms with Crippen LogP contribution in [0.25, 0.3) is 0 Å². The highest BCUT2D eigenvalue weighted by atomic mass is 35.5. The monoisotopic (exact) mass is 328 g/mol. The van der Waals surface area contributed by atoms with E-state index in [0.29, 0.717) is 18.0 Å². The largest absolute Gasteiger partial charge is 0.326 e. The van der Waals surface area contributed by atoms with Gasteiger partial charge in [-0.2, -0.15) is 0 Å². The zero-order chi connectivity index (χ0) is 15.4. The molecular formula is C17H29ClN2S. The maximum Gasteiger partial charge on any atom is 0.0931 e. The van der Waals surface area contributed by atoms with E-state index in [0.717, 1.165) is 17.3 Å². The molecule has 1 fully saturated rings. The molecule has 1 aromatic heterocycles. The fraction of sp³-hybridized carbons (Fsp3) is 0.765. The molecule has 2 nitrogen and oxygen atoms in total. The van der Waals surface area contributed by atoms with Gasteiger partial charge < -0.3 is 5.73 Å². The molecule has 2 unspecified atom stereocenters. The first-order chi connectivity index (χ1) is 10.0. The minimum Gasteiger partial charge on any atom is -0.326 e. The normalized spacial score (nSPS) is 19.6. The van der Waals surface area contributed by atoms with E-state index in [1.807, 2.05) is 6.07 Å². The summed E-state index contributed by atoms with van der Waals surface area (Å²) in [5, 5.41) is 0. The number of nitrogens with two attached hydrogens (primary N) is 1. The fourth-order valence-corrected chi connectivity index (χ4v) is 4.74. The average molecular weight is 329 g/mol. The van der Waals surface area contributed by atoms with Gasteiger partial charge in [-0.15, -0.1) is 11.3 Å². The van der Waals surface area contributed by atoms with Gasteiger partial charge in [0.25, 0.3) is 0 Å². The SMILES string of the molecule is CCC(N)C(c1ccc(Cl)s1)N(CC(C)C)C1CCCC1. The highest BCUT2D eigenvalue weighted by Crippen LogP contribution is 2.37. The van der Waals surface area contributed by atoms with Crippen LogP contribution < -0.4 is 5.73 Å². The van der Waals surface area contributed by atoms with Gasteiger partial charge in [0.1, 0.15) is 0 Å². The Morgan fingerprint density at radius 3 is 2.48 bits per heavy atom. The molecular weight excluding hydrogens is 300 g/mol. The van der Waals surface area contributed by atoms with Crippen molar-refractivity contribution < 1.29 is 0 Å². The first kappa shape index (κ1) is 17.3. The molecule has 2 rings (SSSR count). The summed E-state index contributed by atoms with van der Waals surface area (Å²) >= 11 is 7.88. The number of thiophene rings is 1. The van der Waals surface area contributed by atoms with Crippen LogP contribution in [-0.2, 0) is 0 Å². The second-order valence-electron chi connectivity index (χ2n) is 6.69. The zero-order valence-corrected chi connectivity index (χ0v) is 15.1.